The Bertz CT molecular complexity index is 297. The maximum absolute atomic E-state index is 5.66. The van der Waals surface area contributed by atoms with E-state index < -0.39 is 0 Å². The highest BCUT2D eigenvalue weighted by Gasteiger charge is 2.30. The van der Waals surface area contributed by atoms with Gasteiger partial charge in [-0.3, -0.25) is 0 Å². The van der Waals surface area contributed by atoms with E-state index in [0.29, 0.717) is 6.10 Å². The zero-order chi connectivity index (χ0) is 9.26. The normalized spacial score (nSPS) is 22.5. The van der Waals surface area contributed by atoms with Crippen molar-refractivity contribution in [2.45, 2.75) is 19.1 Å². The second kappa shape index (κ2) is 3.68. The Kier molecular flexibility index (Phi) is 2.56. The van der Waals surface area contributed by atoms with E-state index in [2.05, 4.69) is 15.9 Å². The smallest absolute Gasteiger partial charge is 0.124 e. The van der Waals surface area contributed by atoms with Crippen molar-refractivity contribution in [3.63, 3.8) is 0 Å². The average molecular weight is 243 g/mol. The molecular weight excluding hydrogens is 232 g/mol. The number of hydrogen-bond acceptors (Lipinski definition) is 2. The SMILES string of the molecule is C[C@H](Oc1cccc(Br)c1)[C@@H]1CO1. The van der Waals surface area contributed by atoms with Gasteiger partial charge in [-0.1, -0.05) is 22.0 Å². The van der Waals surface area contributed by atoms with Crippen LogP contribution in [0.1, 0.15) is 6.92 Å². The summed E-state index contributed by atoms with van der Waals surface area (Å²) in [6, 6.07) is 7.84. The standard InChI is InChI=1S/C10H11BrO2/c1-7(10-6-12-10)13-9-4-2-3-8(11)5-9/h2-5,7,10H,6H2,1H3/t7-,10-/m0/s1. The van der Waals surface area contributed by atoms with Crippen molar-refractivity contribution in [1.82, 2.24) is 0 Å². The van der Waals surface area contributed by atoms with Crippen molar-refractivity contribution in [3.05, 3.63) is 28.7 Å². The van der Waals surface area contributed by atoms with Crippen LogP contribution in [0.25, 0.3) is 0 Å². The molecule has 0 amide bonds. The molecule has 0 N–H and O–H groups in total. The van der Waals surface area contributed by atoms with Crippen molar-refractivity contribution in [2.24, 2.45) is 0 Å². The Balaban J connectivity index is 2.00. The van der Waals surface area contributed by atoms with Crippen LogP contribution in [0.15, 0.2) is 28.7 Å². The van der Waals surface area contributed by atoms with Crippen LogP contribution in [0.4, 0.5) is 0 Å². The highest BCUT2D eigenvalue weighted by atomic mass is 79.9. The van der Waals surface area contributed by atoms with Crippen LogP contribution in [0.5, 0.6) is 5.75 Å². The summed E-state index contributed by atoms with van der Waals surface area (Å²) in [6.07, 6.45) is 0.438. The van der Waals surface area contributed by atoms with Gasteiger partial charge in [-0.15, -0.1) is 0 Å². The Morgan fingerprint density at radius 1 is 1.62 bits per heavy atom. The van der Waals surface area contributed by atoms with Crippen molar-refractivity contribution in [2.75, 3.05) is 6.61 Å². The Morgan fingerprint density at radius 3 is 3.00 bits per heavy atom. The summed E-state index contributed by atoms with van der Waals surface area (Å²) in [5.74, 6) is 0.886. The van der Waals surface area contributed by atoms with Gasteiger partial charge in [-0.05, 0) is 25.1 Å². The molecule has 70 valence electrons. The van der Waals surface area contributed by atoms with Gasteiger partial charge in [0.05, 0.1) is 6.61 Å². The third-order valence-corrected chi connectivity index (χ3v) is 2.49. The van der Waals surface area contributed by atoms with Crippen LogP contribution in [-0.2, 0) is 4.74 Å². The van der Waals surface area contributed by atoms with Crippen LogP contribution in [-0.4, -0.2) is 18.8 Å². The monoisotopic (exact) mass is 242 g/mol. The molecule has 3 heteroatoms. The van der Waals surface area contributed by atoms with E-state index in [-0.39, 0.29) is 6.10 Å². The first-order valence-electron chi connectivity index (χ1n) is 4.29. The van der Waals surface area contributed by atoms with E-state index in [1.54, 1.807) is 0 Å². The second-order valence-corrected chi connectivity index (χ2v) is 4.07. The zero-order valence-corrected chi connectivity index (χ0v) is 8.95. The van der Waals surface area contributed by atoms with Gasteiger partial charge >= 0.3 is 0 Å². The van der Waals surface area contributed by atoms with Crippen molar-refractivity contribution in [1.29, 1.82) is 0 Å². The molecule has 1 aromatic rings. The van der Waals surface area contributed by atoms with E-state index in [4.69, 9.17) is 9.47 Å². The molecule has 0 bridgehead atoms. The maximum atomic E-state index is 5.66. The minimum Gasteiger partial charge on any atom is -0.488 e. The molecule has 2 nitrogen and oxygen atoms in total. The highest BCUT2D eigenvalue weighted by Crippen LogP contribution is 2.22. The molecule has 1 saturated heterocycles. The molecule has 0 saturated carbocycles. The van der Waals surface area contributed by atoms with Gasteiger partial charge in [0, 0.05) is 4.47 Å². The molecule has 2 atom stereocenters. The molecule has 0 aromatic heterocycles. The molecule has 0 spiro atoms. The second-order valence-electron chi connectivity index (χ2n) is 3.15. The van der Waals surface area contributed by atoms with Gasteiger partial charge < -0.3 is 9.47 Å². The lowest BCUT2D eigenvalue weighted by atomic mass is 10.3. The molecule has 0 unspecified atom stereocenters. The van der Waals surface area contributed by atoms with Gasteiger partial charge in [0.25, 0.3) is 0 Å². The first-order chi connectivity index (χ1) is 6.25. The fourth-order valence-electron chi connectivity index (χ4n) is 1.16. The Hall–Kier alpha value is -0.540. The van der Waals surface area contributed by atoms with E-state index in [9.17, 15) is 0 Å². The summed E-state index contributed by atoms with van der Waals surface area (Å²) in [7, 11) is 0. The molecule has 1 aliphatic rings. The Labute approximate surface area is 86.0 Å². The first kappa shape index (κ1) is 9.03. The maximum Gasteiger partial charge on any atom is 0.124 e. The van der Waals surface area contributed by atoms with E-state index in [1.807, 2.05) is 31.2 Å². The summed E-state index contributed by atoms with van der Waals surface area (Å²) in [6.45, 7) is 2.85. The molecule has 0 radical (unpaired) electrons. The first-order valence-corrected chi connectivity index (χ1v) is 5.09. The molecule has 1 fully saturated rings. The van der Waals surface area contributed by atoms with E-state index in [0.717, 1.165) is 16.8 Å². The number of halogens is 1. The quantitative estimate of drug-likeness (QED) is 0.761. The van der Waals surface area contributed by atoms with Gasteiger partial charge in [0.2, 0.25) is 0 Å². The summed E-state index contributed by atoms with van der Waals surface area (Å²) >= 11 is 3.39. The number of rotatable bonds is 3. The molecule has 1 heterocycles. The highest BCUT2D eigenvalue weighted by molar-refractivity contribution is 9.10. The van der Waals surface area contributed by atoms with Gasteiger partial charge in [-0.25, -0.2) is 0 Å². The molecule has 0 aliphatic carbocycles. The summed E-state index contributed by atoms with van der Waals surface area (Å²) in [4.78, 5) is 0. The predicted molar refractivity (Wildman–Crippen MR) is 54.0 cm³/mol. The minimum atomic E-state index is 0.147. The molecule has 1 aromatic carbocycles. The van der Waals surface area contributed by atoms with Crippen LogP contribution in [0.2, 0.25) is 0 Å². The lowest BCUT2D eigenvalue weighted by Crippen LogP contribution is -2.18. The van der Waals surface area contributed by atoms with Crippen LogP contribution >= 0.6 is 15.9 Å². The van der Waals surface area contributed by atoms with Crippen molar-refractivity contribution in [3.8, 4) is 5.75 Å². The molecule has 1 aliphatic heterocycles. The van der Waals surface area contributed by atoms with Crippen molar-refractivity contribution >= 4 is 15.9 Å². The lowest BCUT2D eigenvalue weighted by molar-refractivity contribution is 0.176. The van der Waals surface area contributed by atoms with Gasteiger partial charge in [-0.2, -0.15) is 0 Å². The third-order valence-electron chi connectivity index (χ3n) is 2.00. The largest absolute Gasteiger partial charge is 0.488 e. The number of hydrogen-bond donors (Lipinski definition) is 0. The van der Waals surface area contributed by atoms with E-state index >= 15 is 0 Å². The summed E-state index contributed by atoms with van der Waals surface area (Å²) in [5, 5.41) is 0. The lowest BCUT2D eigenvalue weighted by Gasteiger charge is -2.11. The van der Waals surface area contributed by atoms with Gasteiger partial charge in [0.1, 0.15) is 18.0 Å². The third kappa shape index (κ3) is 2.45. The van der Waals surface area contributed by atoms with E-state index in [1.165, 1.54) is 0 Å². The minimum absolute atomic E-state index is 0.147. The fraction of sp³-hybridized carbons (Fsp3) is 0.400. The fourth-order valence-corrected chi connectivity index (χ4v) is 1.54. The topological polar surface area (TPSA) is 21.8 Å². The van der Waals surface area contributed by atoms with Crippen LogP contribution < -0.4 is 4.74 Å². The van der Waals surface area contributed by atoms with Gasteiger partial charge in [0.15, 0.2) is 0 Å². The van der Waals surface area contributed by atoms with Crippen molar-refractivity contribution < 1.29 is 9.47 Å². The number of epoxide rings is 1. The van der Waals surface area contributed by atoms with Crippen LogP contribution in [0.3, 0.4) is 0 Å². The molecule has 13 heavy (non-hydrogen) atoms. The molecule has 2 rings (SSSR count). The Morgan fingerprint density at radius 2 is 2.38 bits per heavy atom. The summed E-state index contributed by atoms with van der Waals surface area (Å²) < 4.78 is 11.8. The average Bonchev–Trinajstić information content (AvgIpc) is 2.85. The zero-order valence-electron chi connectivity index (χ0n) is 7.37. The van der Waals surface area contributed by atoms with Crippen LogP contribution in [0, 0.1) is 0 Å². The molecular formula is C10H11BrO2. The number of benzene rings is 1. The predicted octanol–water partition coefficient (Wildman–Crippen LogP) is 2.62. The number of ether oxygens (including phenoxy) is 2. The summed E-state index contributed by atoms with van der Waals surface area (Å²) in [5.41, 5.74) is 0.